The van der Waals surface area contributed by atoms with Gasteiger partial charge < -0.3 is 14.0 Å². The summed E-state index contributed by atoms with van der Waals surface area (Å²) < 4.78 is 14.8. The Balaban J connectivity index is 2.26. The Morgan fingerprint density at radius 1 is 1.46 bits per heavy atom. The molecule has 0 saturated carbocycles. The Labute approximate surface area is 75.0 Å². The van der Waals surface area contributed by atoms with E-state index in [4.69, 9.17) is 14.0 Å². The maximum Gasteiger partial charge on any atom is 0.188 e. The number of benzene rings is 1. The van der Waals surface area contributed by atoms with Gasteiger partial charge in [0.05, 0.1) is 0 Å². The van der Waals surface area contributed by atoms with Crippen LogP contribution in [-0.4, -0.2) is 19.1 Å². The maximum absolute atomic E-state index is 5.24. The van der Waals surface area contributed by atoms with Crippen LogP contribution >= 0.6 is 0 Å². The van der Waals surface area contributed by atoms with Crippen molar-refractivity contribution in [3.8, 4) is 5.75 Å². The topological polar surface area (TPSA) is 44.5 Å². The molecule has 2 rings (SSSR count). The van der Waals surface area contributed by atoms with Gasteiger partial charge in [0.25, 0.3) is 0 Å². The van der Waals surface area contributed by atoms with Crippen LogP contribution in [0.25, 0.3) is 10.9 Å². The molecule has 2 aromatic rings. The molecule has 0 aliphatic carbocycles. The van der Waals surface area contributed by atoms with E-state index in [-0.39, 0.29) is 6.79 Å². The zero-order chi connectivity index (χ0) is 9.10. The summed E-state index contributed by atoms with van der Waals surface area (Å²) in [5.41, 5.74) is 0.824. The van der Waals surface area contributed by atoms with E-state index >= 15 is 0 Å². The molecule has 4 nitrogen and oxygen atoms in total. The molecule has 0 radical (unpaired) electrons. The Hall–Kier alpha value is -1.55. The van der Waals surface area contributed by atoms with Gasteiger partial charge in [0.15, 0.2) is 6.79 Å². The smallest absolute Gasteiger partial charge is 0.188 e. The fraction of sp³-hybridized carbons (Fsp3) is 0.222. The lowest BCUT2D eigenvalue weighted by atomic mass is 10.2. The third-order valence-corrected chi connectivity index (χ3v) is 1.67. The van der Waals surface area contributed by atoms with Crippen molar-refractivity contribution in [2.24, 2.45) is 0 Å². The first-order chi connectivity index (χ1) is 6.40. The van der Waals surface area contributed by atoms with Crippen LogP contribution in [0.3, 0.4) is 0 Å². The lowest BCUT2D eigenvalue weighted by Crippen LogP contribution is -1.98. The van der Waals surface area contributed by atoms with Gasteiger partial charge in [0.2, 0.25) is 0 Å². The van der Waals surface area contributed by atoms with Gasteiger partial charge in [-0.15, -0.1) is 0 Å². The van der Waals surface area contributed by atoms with Crippen molar-refractivity contribution < 1.29 is 14.0 Å². The number of nitrogens with zero attached hydrogens (tertiary/aromatic N) is 1. The molecule has 0 aliphatic heterocycles. The van der Waals surface area contributed by atoms with E-state index in [0.717, 1.165) is 16.7 Å². The summed E-state index contributed by atoms with van der Waals surface area (Å²) in [6, 6.07) is 5.51. The van der Waals surface area contributed by atoms with Gasteiger partial charge in [-0.25, -0.2) is 0 Å². The lowest BCUT2D eigenvalue weighted by Gasteiger charge is -2.02. The lowest BCUT2D eigenvalue weighted by molar-refractivity contribution is 0.0512. The normalized spacial score (nSPS) is 10.5. The van der Waals surface area contributed by atoms with Gasteiger partial charge in [-0.2, -0.15) is 0 Å². The molecular formula is C9H9NO3. The molecule has 0 bridgehead atoms. The number of rotatable bonds is 3. The average molecular weight is 179 g/mol. The molecule has 13 heavy (non-hydrogen) atoms. The summed E-state index contributed by atoms with van der Waals surface area (Å²) in [5.74, 6) is 0.748. The van der Waals surface area contributed by atoms with Crippen molar-refractivity contribution in [2.75, 3.05) is 13.9 Å². The molecule has 0 N–H and O–H groups in total. The highest BCUT2D eigenvalue weighted by Gasteiger charge is 1.99. The van der Waals surface area contributed by atoms with Crippen LogP contribution in [0.5, 0.6) is 5.75 Å². The highest BCUT2D eigenvalue weighted by Crippen LogP contribution is 2.19. The monoisotopic (exact) mass is 179 g/mol. The fourth-order valence-electron chi connectivity index (χ4n) is 1.07. The van der Waals surface area contributed by atoms with Crippen LogP contribution in [0, 0.1) is 0 Å². The highest BCUT2D eigenvalue weighted by atomic mass is 16.7. The second-order valence-electron chi connectivity index (χ2n) is 2.59. The van der Waals surface area contributed by atoms with Gasteiger partial charge in [-0.3, -0.25) is 0 Å². The minimum atomic E-state index is 0.247. The number of fused-ring (bicyclic) bond motifs is 1. The first-order valence-electron chi connectivity index (χ1n) is 3.86. The van der Waals surface area contributed by atoms with Crippen molar-refractivity contribution >= 4 is 10.9 Å². The summed E-state index contributed by atoms with van der Waals surface area (Å²) in [6.45, 7) is 0.247. The van der Waals surface area contributed by atoms with Crippen LogP contribution in [0.1, 0.15) is 0 Å². The zero-order valence-electron chi connectivity index (χ0n) is 7.19. The van der Waals surface area contributed by atoms with Crippen LogP contribution in [-0.2, 0) is 4.74 Å². The van der Waals surface area contributed by atoms with Crippen molar-refractivity contribution in [3.05, 3.63) is 24.5 Å². The molecule has 0 amide bonds. The number of hydrogen-bond acceptors (Lipinski definition) is 4. The third kappa shape index (κ3) is 1.62. The molecule has 4 heteroatoms. The Morgan fingerprint density at radius 2 is 2.38 bits per heavy atom. The summed E-state index contributed by atoms with van der Waals surface area (Å²) in [7, 11) is 1.58. The van der Waals surface area contributed by atoms with Gasteiger partial charge in [0, 0.05) is 12.5 Å². The minimum Gasteiger partial charge on any atom is -0.468 e. The van der Waals surface area contributed by atoms with Gasteiger partial charge in [0.1, 0.15) is 17.5 Å². The van der Waals surface area contributed by atoms with E-state index in [1.54, 1.807) is 13.4 Å². The summed E-state index contributed by atoms with van der Waals surface area (Å²) in [5, 5.41) is 4.70. The minimum absolute atomic E-state index is 0.247. The summed E-state index contributed by atoms with van der Waals surface area (Å²) in [6.07, 6.45) is 1.58. The fourth-order valence-corrected chi connectivity index (χ4v) is 1.07. The molecular weight excluding hydrogens is 170 g/mol. The van der Waals surface area contributed by atoms with Crippen molar-refractivity contribution in [2.45, 2.75) is 0 Å². The molecule has 0 atom stereocenters. The quantitative estimate of drug-likeness (QED) is 0.674. The molecule has 0 fully saturated rings. The molecule has 1 aromatic carbocycles. The van der Waals surface area contributed by atoms with Crippen LogP contribution in [0.2, 0.25) is 0 Å². The highest BCUT2D eigenvalue weighted by molar-refractivity contribution is 5.78. The Bertz CT molecular complexity index is 396. The van der Waals surface area contributed by atoms with E-state index in [0.29, 0.717) is 0 Å². The van der Waals surface area contributed by atoms with Crippen molar-refractivity contribution in [3.63, 3.8) is 0 Å². The second kappa shape index (κ2) is 3.45. The zero-order valence-corrected chi connectivity index (χ0v) is 7.19. The van der Waals surface area contributed by atoms with E-state index in [1.807, 2.05) is 18.2 Å². The second-order valence-corrected chi connectivity index (χ2v) is 2.59. The molecule has 68 valence electrons. The van der Waals surface area contributed by atoms with Gasteiger partial charge in [-0.05, 0) is 18.2 Å². The van der Waals surface area contributed by atoms with Crippen LogP contribution < -0.4 is 4.74 Å². The SMILES string of the molecule is COCOc1ccc2nocc2c1. The van der Waals surface area contributed by atoms with Crippen molar-refractivity contribution in [1.82, 2.24) is 5.16 Å². The average Bonchev–Trinajstić information content (AvgIpc) is 2.61. The predicted octanol–water partition coefficient (Wildman–Crippen LogP) is 1.81. The van der Waals surface area contributed by atoms with E-state index in [1.165, 1.54) is 0 Å². The molecule has 0 spiro atoms. The molecule has 0 saturated heterocycles. The van der Waals surface area contributed by atoms with E-state index in [9.17, 15) is 0 Å². The molecule has 0 unspecified atom stereocenters. The first-order valence-corrected chi connectivity index (χ1v) is 3.86. The van der Waals surface area contributed by atoms with E-state index < -0.39 is 0 Å². The number of aromatic nitrogens is 1. The van der Waals surface area contributed by atoms with Crippen LogP contribution in [0.15, 0.2) is 29.0 Å². The predicted molar refractivity (Wildman–Crippen MR) is 46.5 cm³/mol. The van der Waals surface area contributed by atoms with Crippen molar-refractivity contribution in [1.29, 1.82) is 0 Å². The third-order valence-electron chi connectivity index (χ3n) is 1.67. The van der Waals surface area contributed by atoms with Gasteiger partial charge in [-0.1, -0.05) is 5.16 Å². The molecule has 1 heterocycles. The number of methoxy groups -OCH3 is 1. The van der Waals surface area contributed by atoms with Crippen LogP contribution in [0.4, 0.5) is 0 Å². The molecule has 1 aromatic heterocycles. The molecule has 0 aliphatic rings. The Morgan fingerprint density at radius 3 is 3.23 bits per heavy atom. The summed E-state index contributed by atoms with van der Waals surface area (Å²) >= 11 is 0. The maximum atomic E-state index is 5.24. The summed E-state index contributed by atoms with van der Waals surface area (Å²) in [4.78, 5) is 0. The number of hydrogen-bond donors (Lipinski definition) is 0. The Kier molecular flexibility index (Phi) is 2.14. The first kappa shape index (κ1) is 8.07. The largest absolute Gasteiger partial charge is 0.468 e. The standard InChI is InChI=1S/C9H9NO3/c1-11-6-12-8-2-3-9-7(4-8)5-13-10-9/h2-5H,6H2,1H3. The number of ether oxygens (including phenoxy) is 2. The van der Waals surface area contributed by atoms with E-state index in [2.05, 4.69) is 5.16 Å². The van der Waals surface area contributed by atoms with Gasteiger partial charge >= 0.3 is 0 Å².